The van der Waals surface area contributed by atoms with Gasteiger partial charge in [0, 0.05) is 5.39 Å². The Morgan fingerprint density at radius 3 is 2.67 bits per heavy atom. The zero-order chi connectivity index (χ0) is 23.0. The highest BCUT2D eigenvalue weighted by Crippen LogP contribution is 2.37. The SMILES string of the molecule is C[C@@]1(c2ccc3c(c2)OCCO3)NC(=O)N(C[C@@H](O)COc2cccc3ccccc23)C1=O. The molecule has 0 aliphatic carbocycles. The van der Waals surface area contributed by atoms with Crippen molar-refractivity contribution in [2.24, 2.45) is 0 Å². The van der Waals surface area contributed by atoms with E-state index in [2.05, 4.69) is 5.32 Å². The van der Waals surface area contributed by atoms with E-state index in [1.165, 1.54) is 0 Å². The van der Waals surface area contributed by atoms with Crippen LogP contribution in [0.3, 0.4) is 0 Å². The largest absolute Gasteiger partial charge is 0.490 e. The van der Waals surface area contributed by atoms with E-state index >= 15 is 0 Å². The molecule has 2 N–H and O–H groups in total. The average Bonchev–Trinajstić information content (AvgIpc) is 3.06. The number of urea groups is 1. The van der Waals surface area contributed by atoms with Crippen LogP contribution < -0.4 is 19.5 Å². The van der Waals surface area contributed by atoms with Gasteiger partial charge in [-0.1, -0.05) is 42.5 Å². The molecule has 2 aliphatic heterocycles. The number of imide groups is 1. The predicted octanol–water partition coefficient (Wildman–Crippen LogP) is 2.82. The molecule has 0 spiro atoms. The summed E-state index contributed by atoms with van der Waals surface area (Å²) in [6.07, 6.45) is -1.05. The normalized spacial score (nSPS) is 20.6. The van der Waals surface area contributed by atoms with Crippen LogP contribution in [0.15, 0.2) is 60.7 Å². The number of amides is 3. The minimum absolute atomic E-state index is 0.0637. The third-order valence-corrected chi connectivity index (χ3v) is 5.97. The summed E-state index contributed by atoms with van der Waals surface area (Å²) in [6.45, 7) is 2.27. The first-order valence-electron chi connectivity index (χ1n) is 10.8. The summed E-state index contributed by atoms with van der Waals surface area (Å²) in [5.74, 6) is 1.31. The van der Waals surface area contributed by atoms with Crippen LogP contribution in [0.25, 0.3) is 10.8 Å². The van der Waals surface area contributed by atoms with E-state index in [4.69, 9.17) is 14.2 Å². The van der Waals surface area contributed by atoms with Gasteiger partial charge in [-0.3, -0.25) is 9.69 Å². The molecule has 0 radical (unpaired) electrons. The minimum atomic E-state index is -1.27. The second kappa shape index (κ2) is 8.29. The first-order chi connectivity index (χ1) is 16.0. The highest BCUT2D eigenvalue weighted by atomic mass is 16.6. The van der Waals surface area contributed by atoms with Crippen LogP contribution in [0.5, 0.6) is 17.2 Å². The molecule has 0 unspecified atom stereocenters. The Bertz CT molecular complexity index is 1220. The van der Waals surface area contributed by atoms with Gasteiger partial charge in [-0.2, -0.15) is 0 Å². The molecule has 170 valence electrons. The molecule has 8 nitrogen and oxygen atoms in total. The maximum atomic E-state index is 13.2. The fourth-order valence-electron chi connectivity index (χ4n) is 4.18. The Labute approximate surface area is 190 Å². The van der Waals surface area contributed by atoms with Crippen molar-refractivity contribution in [2.45, 2.75) is 18.6 Å². The van der Waals surface area contributed by atoms with E-state index < -0.39 is 23.6 Å². The molecule has 3 aromatic carbocycles. The maximum Gasteiger partial charge on any atom is 0.325 e. The third kappa shape index (κ3) is 3.82. The number of ether oxygens (including phenoxy) is 3. The number of hydrogen-bond acceptors (Lipinski definition) is 6. The number of nitrogens with one attached hydrogen (secondary N) is 1. The van der Waals surface area contributed by atoms with Crippen LogP contribution in [0.2, 0.25) is 0 Å². The predicted molar refractivity (Wildman–Crippen MR) is 120 cm³/mol. The van der Waals surface area contributed by atoms with Crippen molar-refractivity contribution in [3.8, 4) is 17.2 Å². The molecule has 5 rings (SSSR count). The standard InChI is InChI=1S/C25H24N2O6/c1-25(17-9-10-21-22(13-17)32-12-11-31-21)23(29)27(24(30)26-25)14-18(28)15-33-20-8-4-6-16-5-2-3-7-19(16)20/h2-10,13,18,28H,11-12,14-15H2,1H3,(H,26,30)/t18-,25+/m1/s1. The summed E-state index contributed by atoms with van der Waals surface area (Å²) in [5.41, 5.74) is -0.697. The maximum absolute atomic E-state index is 13.2. The van der Waals surface area contributed by atoms with Gasteiger partial charge in [0.05, 0.1) is 6.54 Å². The van der Waals surface area contributed by atoms with Crippen molar-refractivity contribution >= 4 is 22.7 Å². The molecule has 2 heterocycles. The number of carbonyl (C=O) groups is 2. The van der Waals surface area contributed by atoms with Crippen LogP contribution in [0.4, 0.5) is 4.79 Å². The summed E-state index contributed by atoms with van der Waals surface area (Å²) in [6, 6.07) is 18.0. The average molecular weight is 448 g/mol. The van der Waals surface area contributed by atoms with Gasteiger partial charge < -0.3 is 24.6 Å². The highest BCUT2D eigenvalue weighted by molar-refractivity contribution is 6.07. The van der Waals surface area contributed by atoms with Crippen LogP contribution in [-0.2, 0) is 10.3 Å². The molecule has 1 saturated heterocycles. The first kappa shape index (κ1) is 21.1. The van der Waals surface area contributed by atoms with Gasteiger partial charge in [0.1, 0.15) is 37.2 Å². The quantitative estimate of drug-likeness (QED) is 0.563. The lowest BCUT2D eigenvalue weighted by Gasteiger charge is -2.25. The van der Waals surface area contributed by atoms with Crippen molar-refractivity contribution < 1.29 is 28.9 Å². The molecule has 1 fully saturated rings. The van der Waals surface area contributed by atoms with Crippen molar-refractivity contribution in [1.29, 1.82) is 0 Å². The Hall–Kier alpha value is -3.78. The smallest absolute Gasteiger partial charge is 0.325 e. The molecule has 3 aromatic rings. The monoisotopic (exact) mass is 448 g/mol. The van der Waals surface area contributed by atoms with Crippen molar-refractivity contribution in [1.82, 2.24) is 10.2 Å². The van der Waals surface area contributed by atoms with Gasteiger partial charge in [0.25, 0.3) is 5.91 Å². The zero-order valence-corrected chi connectivity index (χ0v) is 18.1. The highest BCUT2D eigenvalue weighted by Gasteiger charge is 2.49. The molecular formula is C25H24N2O6. The minimum Gasteiger partial charge on any atom is -0.490 e. The van der Waals surface area contributed by atoms with Gasteiger partial charge in [0.2, 0.25) is 0 Å². The Balaban J connectivity index is 1.28. The van der Waals surface area contributed by atoms with E-state index in [1.807, 2.05) is 42.5 Å². The lowest BCUT2D eigenvalue weighted by Crippen LogP contribution is -2.42. The van der Waals surface area contributed by atoms with Crippen LogP contribution in [0, 0.1) is 0 Å². The number of aliphatic hydroxyl groups is 1. The number of nitrogens with zero attached hydrogens (tertiary/aromatic N) is 1. The summed E-state index contributed by atoms with van der Waals surface area (Å²) < 4.78 is 16.9. The number of rotatable bonds is 6. The Morgan fingerprint density at radius 1 is 1.06 bits per heavy atom. The van der Waals surface area contributed by atoms with Crippen molar-refractivity contribution in [3.05, 3.63) is 66.2 Å². The first-order valence-corrected chi connectivity index (χ1v) is 10.8. The Kier molecular flexibility index (Phi) is 5.30. The number of fused-ring (bicyclic) bond motifs is 2. The fourth-order valence-corrected chi connectivity index (χ4v) is 4.18. The summed E-state index contributed by atoms with van der Waals surface area (Å²) >= 11 is 0. The number of hydrogen-bond donors (Lipinski definition) is 2. The Morgan fingerprint density at radius 2 is 1.82 bits per heavy atom. The van der Waals surface area contributed by atoms with Gasteiger partial charge in [-0.25, -0.2) is 4.79 Å². The molecular weight excluding hydrogens is 424 g/mol. The second-order valence-corrected chi connectivity index (χ2v) is 8.27. The van der Waals surface area contributed by atoms with Gasteiger partial charge in [-0.15, -0.1) is 0 Å². The molecule has 33 heavy (non-hydrogen) atoms. The number of aliphatic hydroxyl groups excluding tert-OH is 1. The van der Waals surface area contributed by atoms with Crippen LogP contribution in [-0.4, -0.2) is 54.4 Å². The number of β-amino-alcohol motifs (C(OH)–C–C–N with tert-alkyl or cyclic N) is 1. The van der Waals surface area contributed by atoms with Crippen LogP contribution >= 0.6 is 0 Å². The van der Waals surface area contributed by atoms with Crippen LogP contribution in [0.1, 0.15) is 12.5 Å². The summed E-state index contributed by atoms with van der Waals surface area (Å²) in [7, 11) is 0. The van der Waals surface area contributed by atoms with Crippen molar-refractivity contribution in [3.63, 3.8) is 0 Å². The fraction of sp³-hybridized carbons (Fsp3) is 0.280. The van der Waals surface area contributed by atoms with Gasteiger partial charge >= 0.3 is 6.03 Å². The summed E-state index contributed by atoms with van der Waals surface area (Å²) in [5, 5.41) is 15.2. The van der Waals surface area contributed by atoms with E-state index in [9.17, 15) is 14.7 Å². The van der Waals surface area contributed by atoms with Gasteiger partial charge in [-0.05, 0) is 36.1 Å². The van der Waals surface area contributed by atoms with Crippen molar-refractivity contribution in [2.75, 3.05) is 26.4 Å². The van der Waals surface area contributed by atoms with Gasteiger partial charge in [0.15, 0.2) is 11.5 Å². The molecule has 2 atom stereocenters. The molecule has 0 bridgehead atoms. The lowest BCUT2D eigenvalue weighted by atomic mass is 9.91. The number of benzene rings is 3. The van der Waals surface area contributed by atoms with E-state index in [1.54, 1.807) is 25.1 Å². The third-order valence-electron chi connectivity index (χ3n) is 5.97. The second-order valence-electron chi connectivity index (χ2n) is 8.27. The molecule has 0 saturated carbocycles. The van der Waals surface area contributed by atoms with E-state index in [0.717, 1.165) is 15.7 Å². The summed E-state index contributed by atoms with van der Waals surface area (Å²) in [4.78, 5) is 26.9. The lowest BCUT2D eigenvalue weighted by molar-refractivity contribution is -0.132. The number of carbonyl (C=O) groups excluding carboxylic acids is 2. The zero-order valence-electron chi connectivity index (χ0n) is 18.1. The molecule has 8 heteroatoms. The molecule has 3 amide bonds. The van der Waals surface area contributed by atoms with E-state index in [-0.39, 0.29) is 13.2 Å². The molecule has 0 aromatic heterocycles. The van der Waals surface area contributed by atoms with E-state index in [0.29, 0.717) is 36.0 Å². The molecule has 2 aliphatic rings. The topological polar surface area (TPSA) is 97.3 Å².